The number of aromatic nitrogens is 2. The lowest BCUT2D eigenvalue weighted by molar-refractivity contribution is 0.000245. The van der Waals surface area contributed by atoms with Crippen LogP contribution in [0.2, 0.25) is 5.02 Å². The van der Waals surface area contributed by atoms with Crippen molar-refractivity contribution in [2.45, 2.75) is 25.9 Å². The minimum atomic E-state index is -0.107. The summed E-state index contributed by atoms with van der Waals surface area (Å²) in [6, 6.07) is 7.66. The summed E-state index contributed by atoms with van der Waals surface area (Å²) >= 11 is 6.47. The largest absolute Gasteiger partial charge is 0.488 e. The number of hydrogen-bond donors (Lipinski definition) is 4. The number of anilines is 2. The number of ether oxygens (including phenoxy) is 2. The van der Waals surface area contributed by atoms with E-state index in [1.165, 1.54) is 0 Å². The number of nitrogens with one attached hydrogen (secondary N) is 4. The Balaban J connectivity index is 1.55. The first-order chi connectivity index (χ1) is 16.7. The number of aromatic amines is 1. The van der Waals surface area contributed by atoms with Gasteiger partial charge in [-0.1, -0.05) is 24.6 Å². The van der Waals surface area contributed by atoms with Crippen molar-refractivity contribution in [3.8, 4) is 17.0 Å². The van der Waals surface area contributed by atoms with Gasteiger partial charge in [0.1, 0.15) is 18.5 Å². The molecule has 178 valence electrons. The number of H-pyrrole nitrogens is 1. The second-order valence-electron chi connectivity index (χ2n) is 8.36. The number of amides is 1. The number of halogens is 1. The van der Waals surface area contributed by atoms with E-state index in [1.54, 1.807) is 12.4 Å². The molecule has 2 aliphatic rings. The Morgan fingerprint density at radius 3 is 3.03 bits per heavy atom. The number of carbonyl (C=O) groups is 1. The fraction of sp³-hybridized carbons (Fsp3) is 0.360. The van der Waals surface area contributed by atoms with Crippen molar-refractivity contribution < 1.29 is 14.3 Å². The third-order valence-electron chi connectivity index (χ3n) is 6.18. The highest BCUT2D eigenvalue weighted by Crippen LogP contribution is 2.41. The number of hydrogen-bond acceptors (Lipinski definition) is 6. The lowest BCUT2D eigenvalue weighted by atomic mass is 10.0. The van der Waals surface area contributed by atoms with Crippen LogP contribution >= 0.6 is 11.6 Å². The van der Waals surface area contributed by atoms with Crippen molar-refractivity contribution in [1.29, 1.82) is 0 Å². The maximum Gasteiger partial charge on any atom is 0.255 e. The second-order valence-corrected chi connectivity index (χ2v) is 8.77. The van der Waals surface area contributed by atoms with E-state index in [-0.39, 0.29) is 12.0 Å². The van der Waals surface area contributed by atoms with Gasteiger partial charge in [-0.2, -0.15) is 0 Å². The predicted octanol–water partition coefficient (Wildman–Crippen LogP) is 3.69. The monoisotopic (exact) mass is 481 g/mol. The highest BCUT2D eigenvalue weighted by molar-refractivity contribution is 6.31. The summed E-state index contributed by atoms with van der Waals surface area (Å²) in [5.41, 5.74) is 5.68. The summed E-state index contributed by atoms with van der Waals surface area (Å²) in [7, 11) is 0. The number of nitrogens with zero attached hydrogens (tertiary/aromatic N) is 1. The van der Waals surface area contributed by atoms with Gasteiger partial charge in [-0.3, -0.25) is 9.78 Å². The minimum Gasteiger partial charge on any atom is -0.488 e. The fourth-order valence-corrected chi connectivity index (χ4v) is 4.80. The van der Waals surface area contributed by atoms with Crippen LogP contribution in [0, 0.1) is 0 Å². The van der Waals surface area contributed by atoms with Crippen LogP contribution in [0.3, 0.4) is 0 Å². The molecule has 2 aromatic heterocycles. The van der Waals surface area contributed by atoms with Crippen molar-refractivity contribution in [2.75, 3.05) is 38.2 Å². The number of benzene rings is 1. The molecule has 8 nitrogen and oxygen atoms in total. The molecule has 0 saturated carbocycles. The molecule has 0 radical (unpaired) electrons. The average Bonchev–Trinajstić information content (AvgIpc) is 3.23. The van der Waals surface area contributed by atoms with Gasteiger partial charge in [0.2, 0.25) is 0 Å². The quantitative estimate of drug-likeness (QED) is 0.410. The van der Waals surface area contributed by atoms with Crippen LogP contribution in [0.1, 0.15) is 28.5 Å². The van der Waals surface area contributed by atoms with Crippen LogP contribution in [0.5, 0.6) is 5.75 Å². The van der Waals surface area contributed by atoms with Gasteiger partial charge in [-0.15, -0.1) is 0 Å². The molecule has 5 rings (SSSR count). The Bertz CT molecular complexity index is 1190. The van der Waals surface area contributed by atoms with Gasteiger partial charge in [0, 0.05) is 54.2 Å². The van der Waals surface area contributed by atoms with Crippen molar-refractivity contribution >= 4 is 28.9 Å². The lowest BCUT2D eigenvalue weighted by Gasteiger charge is -2.24. The number of fused-ring (bicyclic) bond motifs is 1. The van der Waals surface area contributed by atoms with Crippen LogP contribution in [0.4, 0.5) is 11.4 Å². The Morgan fingerprint density at radius 1 is 1.29 bits per heavy atom. The topological polar surface area (TPSA) is 100 Å². The number of morpholine rings is 1. The van der Waals surface area contributed by atoms with E-state index in [2.05, 4.69) is 32.8 Å². The molecule has 0 spiro atoms. The van der Waals surface area contributed by atoms with Crippen molar-refractivity contribution in [3.63, 3.8) is 0 Å². The first-order valence-corrected chi connectivity index (χ1v) is 12.0. The van der Waals surface area contributed by atoms with Gasteiger partial charge in [0.05, 0.1) is 29.7 Å². The van der Waals surface area contributed by atoms with Gasteiger partial charge in [0.15, 0.2) is 0 Å². The molecule has 4 N–H and O–H groups in total. The molecule has 0 aliphatic carbocycles. The number of pyridine rings is 1. The summed E-state index contributed by atoms with van der Waals surface area (Å²) in [5, 5.41) is 10.5. The van der Waals surface area contributed by atoms with Gasteiger partial charge >= 0.3 is 0 Å². The summed E-state index contributed by atoms with van der Waals surface area (Å²) in [6.45, 7) is 5.32. The van der Waals surface area contributed by atoms with Crippen LogP contribution < -0.4 is 20.7 Å². The third-order valence-corrected chi connectivity index (χ3v) is 6.53. The van der Waals surface area contributed by atoms with E-state index in [0.717, 1.165) is 54.1 Å². The molecule has 3 aromatic rings. The van der Waals surface area contributed by atoms with Crippen LogP contribution in [-0.4, -0.2) is 54.8 Å². The molecule has 1 saturated heterocycles. The van der Waals surface area contributed by atoms with Crippen LogP contribution in [-0.2, 0) is 17.6 Å². The molecule has 1 amide bonds. The number of carbonyl (C=O) groups excluding carboxylic acids is 1. The Morgan fingerprint density at radius 2 is 2.21 bits per heavy atom. The predicted molar refractivity (Wildman–Crippen MR) is 132 cm³/mol. The maximum absolute atomic E-state index is 12.9. The molecule has 0 unspecified atom stereocenters. The first-order valence-electron chi connectivity index (χ1n) is 11.6. The molecule has 9 heteroatoms. The van der Waals surface area contributed by atoms with E-state index >= 15 is 0 Å². The lowest BCUT2D eigenvalue weighted by Crippen LogP contribution is -2.41. The maximum atomic E-state index is 12.9. The standard InChI is InChI=1S/C25H28ClN5O3/c1-2-16-18(26)4-3-5-19(16)30-24-22-20(7-9-29-25(22)32)31-23(24)17-6-8-27-13-21(17)34-14-15-12-28-10-11-33-15/h3-6,8,13,15,28,30-31H,2,7,9-12,14H2,1H3,(H,29,32)/t15-/m0/s1. The zero-order chi connectivity index (χ0) is 23.5. The van der Waals surface area contributed by atoms with Crippen molar-refractivity contribution in [3.05, 3.63) is 58.5 Å². The molecule has 1 fully saturated rings. The van der Waals surface area contributed by atoms with E-state index in [4.69, 9.17) is 21.1 Å². The zero-order valence-corrected chi connectivity index (χ0v) is 19.8. The average molecular weight is 482 g/mol. The van der Waals surface area contributed by atoms with E-state index in [9.17, 15) is 4.79 Å². The van der Waals surface area contributed by atoms with E-state index in [1.807, 2.05) is 24.3 Å². The smallest absolute Gasteiger partial charge is 0.255 e. The normalized spacial score (nSPS) is 17.7. The highest BCUT2D eigenvalue weighted by Gasteiger charge is 2.29. The molecular formula is C25H28ClN5O3. The zero-order valence-electron chi connectivity index (χ0n) is 19.0. The molecule has 34 heavy (non-hydrogen) atoms. The van der Waals surface area contributed by atoms with Gasteiger partial charge in [-0.05, 0) is 30.2 Å². The summed E-state index contributed by atoms with van der Waals surface area (Å²) in [5.74, 6) is 0.519. The van der Waals surface area contributed by atoms with Gasteiger partial charge in [0.25, 0.3) is 5.91 Å². The highest BCUT2D eigenvalue weighted by atomic mass is 35.5. The fourth-order valence-electron chi connectivity index (χ4n) is 4.49. The summed E-state index contributed by atoms with van der Waals surface area (Å²) < 4.78 is 11.9. The van der Waals surface area contributed by atoms with Crippen LogP contribution in [0.25, 0.3) is 11.3 Å². The molecule has 2 aliphatic heterocycles. The van der Waals surface area contributed by atoms with Gasteiger partial charge in [-0.25, -0.2) is 0 Å². The third kappa shape index (κ3) is 4.49. The molecule has 4 heterocycles. The molecule has 1 aromatic carbocycles. The van der Waals surface area contributed by atoms with Crippen LogP contribution in [0.15, 0.2) is 36.7 Å². The number of rotatable bonds is 7. The first kappa shape index (κ1) is 22.7. The Labute approximate surface area is 203 Å². The van der Waals surface area contributed by atoms with Gasteiger partial charge < -0.3 is 30.4 Å². The SMILES string of the molecule is CCc1c(Cl)cccc1Nc1c(-c2ccncc2OC[C@@H]2CNCCO2)[nH]c2c1C(=O)NCC2. The van der Waals surface area contributed by atoms with E-state index < -0.39 is 0 Å². The summed E-state index contributed by atoms with van der Waals surface area (Å²) in [4.78, 5) is 20.7. The van der Waals surface area contributed by atoms with Crippen molar-refractivity contribution in [1.82, 2.24) is 20.6 Å². The molecule has 0 bridgehead atoms. The van der Waals surface area contributed by atoms with Crippen molar-refractivity contribution in [2.24, 2.45) is 0 Å². The minimum absolute atomic E-state index is 0.0272. The van der Waals surface area contributed by atoms with E-state index in [0.29, 0.717) is 41.8 Å². The Hall–Kier alpha value is -3.07. The molecular weight excluding hydrogens is 454 g/mol. The second kappa shape index (κ2) is 10.0. The Kier molecular flexibility index (Phi) is 6.71. The molecule has 1 atom stereocenters. The summed E-state index contributed by atoms with van der Waals surface area (Å²) in [6.07, 6.45) is 4.87.